The fourth-order valence-corrected chi connectivity index (χ4v) is 0.989. The van der Waals surface area contributed by atoms with E-state index in [1.165, 1.54) is 0 Å². The van der Waals surface area contributed by atoms with Crippen LogP contribution in [0.3, 0.4) is 0 Å². The third-order valence-electron chi connectivity index (χ3n) is 1.45. The summed E-state index contributed by atoms with van der Waals surface area (Å²) in [6, 6.07) is 1.89. The lowest BCUT2D eigenvalue weighted by Crippen LogP contribution is -1.97. The van der Waals surface area contributed by atoms with E-state index in [-0.39, 0.29) is 5.82 Å². The lowest BCUT2D eigenvalue weighted by Gasteiger charge is -2.02. The number of hydrogen-bond donors (Lipinski definition) is 0. The highest BCUT2D eigenvalue weighted by Gasteiger charge is 1.98. The van der Waals surface area contributed by atoms with Gasteiger partial charge in [-0.2, -0.15) is 5.26 Å². The Morgan fingerprint density at radius 2 is 2.00 bits per heavy atom. The summed E-state index contributed by atoms with van der Waals surface area (Å²) >= 11 is 0. The van der Waals surface area contributed by atoms with E-state index < -0.39 is 0 Å². The summed E-state index contributed by atoms with van der Waals surface area (Å²) in [7, 11) is 0. The Bertz CT molecular complexity index is 282. The molecule has 0 saturated carbocycles. The van der Waals surface area contributed by atoms with Crippen molar-refractivity contribution < 1.29 is 0 Å². The molecule has 0 aliphatic heterocycles. The molecule has 0 unspecified atom stereocenters. The minimum atomic E-state index is 0.238. The molecule has 0 saturated heterocycles. The molecule has 0 amide bonds. The molecule has 0 atom stereocenters. The topological polar surface area (TPSA) is 49.6 Å². The molecule has 0 N–H and O–H groups in total. The number of rotatable bonds is 2. The van der Waals surface area contributed by atoms with Crippen molar-refractivity contribution in [3.05, 3.63) is 23.8 Å². The molecule has 3 nitrogen and oxygen atoms in total. The Morgan fingerprint density at radius 1 is 1.42 bits per heavy atom. The molecule has 1 rings (SSSR count). The van der Waals surface area contributed by atoms with Crippen molar-refractivity contribution in [1.82, 2.24) is 9.97 Å². The standard InChI is InChI=1S/C9H11N3/c1-7(2)3-8-5-11-9(4-10)12-6-8/h5-7H,3H2,1-2H3. The summed E-state index contributed by atoms with van der Waals surface area (Å²) in [6.07, 6.45) is 4.39. The lowest BCUT2D eigenvalue weighted by atomic mass is 10.1. The molecule has 0 aliphatic rings. The van der Waals surface area contributed by atoms with E-state index in [2.05, 4.69) is 23.8 Å². The lowest BCUT2D eigenvalue weighted by molar-refractivity contribution is 0.643. The number of nitrogens with zero attached hydrogens (tertiary/aromatic N) is 3. The molecule has 0 spiro atoms. The van der Waals surface area contributed by atoms with E-state index in [4.69, 9.17) is 5.26 Å². The van der Waals surface area contributed by atoms with Crippen LogP contribution >= 0.6 is 0 Å². The maximum Gasteiger partial charge on any atom is 0.232 e. The molecule has 0 aliphatic carbocycles. The zero-order valence-electron chi connectivity index (χ0n) is 7.28. The van der Waals surface area contributed by atoms with Crippen LogP contribution < -0.4 is 0 Å². The van der Waals surface area contributed by atoms with Crippen LogP contribution in [0.2, 0.25) is 0 Å². The fourth-order valence-electron chi connectivity index (χ4n) is 0.989. The molecule has 0 bridgehead atoms. The van der Waals surface area contributed by atoms with Gasteiger partial charge in [0.2, 0.25) is 5.82 Å². The molecule has 1 aromatic rings. The number of aromatic nitrogens is 2. The van der Waals surface area contributed by atoms with E-state index in [1.807, 2.05) is 6.07 Å². The van der Waals surface area contributed by atoms with E-state index in [1.54, 1.807) is 12.4 Å². The summed E-state index contributed by atoms with van der Waals surface area (Å²) in [4.78, 5) is 7.76. The Hall–Kier alpha value is -1.43. The smallest absolute Gasteiger partial charge is 0.227 e. The van der Waals surface area contributed by atoms with Crippen molar-refractivity contribution in [3.8, 4) is 6.07 Å². The van der Waals surface area contributed by atoms with Crippen molar-refractivity contribution in [3.63, 3.8) is 0 Å². The van der Waals surface area contributed by atoms with E-state index in [0.717, 1.165) is 12.0 Å². The van der Waals surface area contributed by atoms with Gasteiger partial charge in [-0.05, 0) is 17.9 Å². The van der Waals surface area contributed by atoms with Gasteiger partial charge in [0.15, 0.2) is 0 Å². The predicted octanol–water partition coefficient (Wildman–Crippen LogP) is 1.55. The number of nitriles is 1. The third kappa shape index (κ3) is 2.31. The first-order valence-corrected chi connectivity index (χ1v) is 3.93. The highest BCUT2D eigenvalue weighted by Crippen LogP contribution is 2.04. The first kappa shape index (κ1) is 8.66. The monoisotopic (exact) mass is 161 g/mol. The number of hydrogen-bond acceptors (Lipinski definition) is 3. The quantitative estimate of drug-likeness (QED) is 0.661. The SMILES string of the molecule is CC(C)Cc1cnc(C#N)nc1. The third-order valence-corrected chi connectivity index (χ3v) is 1.45. The van der Waals surface area contributed by atoms with E-state index >= 15 is 0 Å². The average molecular weight is 161 g/mol. The maximum atomic E-state index is 8.44. The van der Waals surface area contributed by atoms with Crippen LogP contribution in [0.25, 0.3) is 0 Å². The van der Waals surface area contributed by atoms with Crippen molar-refractivity contribution >= 4 is 0 Å². The van der Waals surface area contributed by atoms with Gasteiger partial charge < -0.3 is 0 Å². The summed E-state index contributed by atoms with van der Waals surface area (Å²) in [5, 5.41) is 8.44. The summed E-state index contributed by atoms with van der Waals surface area (Å²) in [5.74, 6) is 0.837. The average Bonchev–Trinajstić information content (AvgIpc) is 2.05. The second-order valence-corrected chi connectivity index (χ2v) is 3.12. The van der Waals surface area contributed by atoms with Gasteiger partial charge in [-0.25, -0.2) is 9.97 Å². The summed E-state index contributed by atoms with van der Waals surface area (Å²) in [6.45, 7) is 4.27. The summed E-state index contributed by atoms with van der Waals surface area (Å²) in [5.41, 5.74) is 1.09. The first-order valence-electron chi connectivity index (χ1n) is 3.93. The maximum absolute atomic E-state index is 8.44. The minimum Gasteiger partial charge on any atom is -0.227 e. The Balaban J connectivity index is 2.73. The Morgan fingerprint density at radius 3 is 2.42 bits per heavy atom. The van der Waals surface area contributed by atoms with Crippen LogP contribution in [0, 0.1) is 17.2 Å². The molecule has 1 heterocycles. The molecule has 12 heavy (non-hydrogen) atoms. The van der Waals surface area contributed by atoms with Gasteiger partial charge in [0.25, 0.3) is 0 Å². The van der Waals surface area contributed by atoms with Crippen LogP contribution in [-0.4, -0.2) is 9.97 Å². The van der Waals surface area contributed by atoms with Gasteiger partial charge in [0, 0.05) is 12.4 Å². The second kappa shape index (κ2) is 3.82. The van der Waals surface area contributed by atoms with E-state index in [0.29, 0.717) is 5.92 Å². The molecule has 3 heteroatoms. The summed E-state index contributed by atoms with van der Waals surface area (Å²) < 4.78 is 0. The zero-order valence-corrected chi connectivity index (χ0v) is 7.28. The molecular formula is C9H11N3. The van der Waals surface area contributed by atoms with E-state index in [9.17, 15) is 0 Å². The van der Waals surface area contributed by atoms with Crippen molar-refractivity contribution in [2.24, 2.45) is 5.92 Å². The zero-order chi connectivity index (χ0) is 8.97. The van der Waals surface area contributed by atoms with Crippen molar-refractivity contribution in [1.29, 1.82) is 5.26 Å². The van der Waals surface area contributed by atoms with Crippen LogP contribution in [0.15, 0.2) is 12.4 Å². The molecule has 62 valence electrons. The van der Waals surface area contributed by atoms with Crippen LogP contribution in [-0.2, 0) is 6.42 Å². The fraction of sp³-hybridized carbons (Fsp3) is 0.444. The molecular weight excluding hydrogens is 150 g/mol. The van der Waals surface area contributed by atoms with Gasteiger partial charge in [-0.15, -0.1) is 0 Å². The highest BCUT2D eigenvalue weighted by atomic mass is 14.9. The molecule has 0 aromatic carbocycles. The van der Waals surface area contributed by atoms with Gasteiger partial charge >= 0.3 is 0 Å². The Kier molecular flexibility index (Phi) is 2.76. The predicted molar refractivity (Wildman–Crippen MR) is 45.3 cm³/mol. The van der Waals surface area contributed by atoms with Crippen molar-refractivity contribution in [2.75, 3.05) is 0 Å². The van der Waals surface area contributed by atoms with Crippen LogP contribution in [0.5, 0.6) is 0 Å². The largest absolute Gasteiger partial charge is 0.232 e. The molecule has 1 aromatic heterocycles. The van der Waals surface area contributed by atoms with Gasteiger partial charge in [0.1, 0.15) is 6.07 Å². The molecule has 0 fully saturated rings. The van der Waals surface area contributed by atoms with Gasteiger partial charge in [0.05, 0.1) is 0 Å². The van der Waals surface area contributed by atoms with Gasteiger partial charge in [-0.1, -0.05) is 13.8 Å². The van der Waals surface area contributed by atoms with Crippen molar-refractivity contribution in [2.45, 2.75) is 20.3 Å². The van der Waals surface area contributed by atoms with Crippen LogP contribution in [0.1, 0.15) is 25.2 Å². The second-order valence-electron chi connectivity index (χ2n) is 3.12. The first-order chi connectivity index (χ1) is 5.72. The minimum absolute atomic E-state index is 0.238. The highest BCUT2D eigenvalue weighted by molar-refractivity contribution is 5.13. The van der Waals surface area contributed by atoms with Crippen LogP contribution in [0.4, 0.5) is 0 Å². The normalized spacial score (nSPS) is 9.83. The Labute approximate surface area is 72.1 Å². The van der Waals surface area contributed by atoms with Gasteiger partial charge in [-0.3, -0.25) is 0 Å². The molecule has 0 radical (unpaired) electrons.